The lowest BCUT2D eigenvalue weighted by Crippen LogP contribution is -2.35. The molecule has 0 spiro atoms. The number of phosphoric ester groups is 1. The number of aromatic amines is 1. The van der Waals surface area contributed by atoms with Crippen molar-refractivity contribution in [2.45, 2.75) is 30.1 Å². The highest BCUT2D eigenvalue weighted by molar-refractivity contribution is 8.03. The SMILES string of the molecule is O=c1[nH]c(=O)n([C@H]2C[C@H](O)[C@@H](COP(=O)(O)O)O2)cc1[C@H](CSCCO)SCCO. The van der Waals surface area contributed by atoms with Crippen molar-refractivity contribution >= 4 is 31.3 Å². The summed E-state index contributed by atoms with van der Waals surface area (Å²) < 4.78 is 21.9. The second kappa shape index (κ2) is 11.8. The highest BCUT2D eigenvalue weighted by Crippen LogP contribution is 2.38. The minimum atomic E-state index is -4.75. The van der Waals surface area contributed by atoms with Crippen molar-refractivity contribution < 1.29 is 38.9 Å². The predicted molar refractivity (Wildman–Crippen MR) is 111 cm³/mol. The molecule has 1 aliphatic heterocycles. The van der Waals surface area contributed by atoms with E-state index in [4.69, 9.17) is 24.7 Å². The van der Waals surface area contributed by atoms with Crippen molar-refractivity contribution in [3.63, 3.8) is 0 Å². The number of aromatic nitrogens is 2. The summed E-state index contributed by atoms with van der Waals surface area (Å²) >= 11 is 2.74. The summed E-state index contributed by atoms with van der Waals surface area (Å²) in [6, 6.07) is 0. The molecule has 1 fully saturated rings. The van der Waals surface area contributed by atoms with E-state index in [0.29, 0.717) is 17.3 Å². The monoisotopic (exact) mass is 488 g/mol. The Morgan fingerprint density at radius 2 is 2.00 bits per heavy atom. The fourth-order valence-electron chi connectivity index (χ4n) is 2.83. The molecule has 2 rings (SSSR count). The first kappa shape index (κ1) is 25.6. The third-order valence-corrected chi connectivity index (χ3v) is 7.16. The molecule has 2 heterocycles. The van der Waals surface area contributed by atoms with Gasteiger partial charge in [0.25, 0.3) is 5.56 Å². The van der Waals surface area contributed by atoms with Crippen molar-refractivity contribution in [3.8, 4) is 0 Å². The molecule has 1 saturated heterocycles. The van der Waals surface area contributed by atoms with Gasteiger partial charge in [0.2, 0.25) is 0 Å². The van der Waals surface area contributed by atoms with Gasteiger partial charge < -0.3 is 29.8 Å². The zero-order chi connectivity index (χ0) is 22.3. The highest BCUT2D eigenvalue weighted by atomic mass is 32.2. The van der Waals surface area contributed by atoms with Gasteiger partial charge in [-0.2, -0.15) is 23.5 Å². The largest absolute Gasteiger partial charge is 0.469 e. The van der Waals surface area contributed by atoms with Crippen LogP contribution in [0.4, 0.5) is 0 Å². The van der Waals surface area contributed by atoms with Crippen LogP contribution in [-0.4, -0.2) is 83.9 Å². The summed E-state index contributed by atoms with van der Waals surface area (Å²) in [6.45, 7) is -0.688. The number of hydrogen-bond acceptors (Lipinski definition) is 10. The lowest BCUT2D eigenvalue weighted by Gasteiger charge is -2.19. The Morgan fingerprint density at radius 1 is 1.30 bits per heavy atom. The molecule has 4 atom stereocenters. The topological polar surface area (TPSA) is 192 Å². The summed E-state index contributed by atoms with van der Waals surface area (Å²) in [7, 11) is -4.75. The van der Waals surface area contributed by atoms with E-state index in [9.17, 15) is 19.3 Å². The lowest BCUT2D eigenvalue weighted by atomic mass is 10.2. The molecule has 0 amide bonds. The molecular weight excluding hydrogens is 463 g/mol. The first-order valence-corrected chi connectivity index (χ1v) is 12.7. The van der Waals surface area contributed by atoms with Crippen LogP contribution in [0.2, 0.25) is 0 Å². The van der Waals surface area contributed by atoms with E-state index in [2.05, 4.69) is 9.51 Å². The van der Waals surface area contributed by atoms with Crippen LogP contribution < -0.4 is 11.2 Å². The Bertz CT molecular complexity index is 843. The van der Waals surface area contributed by atoms with E-state index in [-0.39, 0.29) is 30.4 Å². The zero-order valence-electron chi connectivity index (χ0n) is 15.8. The second-order valence-electron chi connectivity index (χ2n) is 6.35. The van der Waals surface area contributed by atoms with Crippen LogP contribution in [-0.2, 0) is 13.8 Å². The standard InChI is InChI=1S/C15H25N2O10PS2/c18-1-3-29-8-12(30-4-2-19)9-6-17(15(22)16-14(9)21)13-5-10(20)11(27-13)7-26-28(23,24)25/h6,10-13,18-20H,1-5,7-8H2,(H,16,21,22)(H2,23,24,25)/t10-,11+,12-,13+/m0/s1. The van der Waals surface area contributed by atoms with E-state index >= 15 is 0 Å². The smallest absolute Gasteiger partial charge is 0.396 e. The summed E-state index contributed by atoms with van der Waals surface area (Å²) in [5.41, 5.74) is -1.07. The predicted octanol–water partition coefficient (Wildman–Crippen LogP) is -1.21. The van der Waals surface area contributed by atoms with Crippen LogP contribution in [0.25, 0.3) is 0 Å². The van der Waals surface area contributed by atoms with Gasteiger partial charge in [0.15, 0.2) is 0 Å². The number of ether oxygens (including phenoxy) is 1. The molecule has 0 bridgehead atoms. The van der Waals surface area contributed by atoms with Gasteiger partial charge >= 0.3 is 13.5 Å². The molecule has 1 aromatic rings. The van der Waals surface area contributed by atoms with Gasteiger partial charge in [0.05, 0.1) is 25.9 Å². The van der Waals surface area contributed by atoms with Crippen LogP contribution in [0.15, 0.2) is 15.8 Å². The number of phosphoric acid groups is 1. The van der Waals surface area contributed by atoms with E-state index in [1.807, 2.05) is 0 Å². The average molecular weight is 488 g/mol. The molecule has 30 heavy (non-hydrogen) atoms. The van der Waals surface area contributed by atoms with Crippen LogP contribution in [0, 0.1) is 0 Å². The number of hydrogen-bond donors (Lipinski definition) is 6. The molecule has 6 N–H and O–H groups in total. The zero-order valence-corrected chi connectivity index (χ0v) is 18.4. The van der Waals surface area contributed by atoms with Crippen LogP contribution in [0.1, 0.15) is 23.5 Å². The highest BCUT2D eigenvalue weighted by Gasteiger charge is 2.37. The van der Waals surface area contributed by atoms with Crippen molar-refractivity contribution in [2.75, 3.05) is 37.1 Å². The number of aliphatic hydroxyl groups is 3. The average Bonchev–Trinajstić information content (AvgIpc) is 3.03. The Morgan fingerprint density at radius 3 is 2.63 bits per heavy atom. The number of aliphatic hydroxyl groups excluding tert-OH is 3. The molecular formula is C15H25N2O10PS2. The maximum atomic E-state index is 12.4. The van der Waals surface area contributed by atoms with Crippen molar-refractivity contribution in [3.05, 3.63) is 32.6 Å². The minimum absolute atomic E-state index is 0.0240. The maximum Gasteiger partial charge on any atom is 0.469 e. The van der Waals surface area contributed by atoms with E-state index < -0.39 is 44.1 Å². The fourth-order valence-corrected chi connectivity index (χ4v) is 5.27. The number of H-pyrrole nitrogens is 1. The first-order valence-electron chi connectivity index (χ1n) is 8.96. The molecule has 0 unspecified atom stereocenters. The molecule has 15 heteroatoms. The number of nitrogens with one attached hydrogen (secondary N) is 1. The van der Waals surface area contributed by atoms with Crippen molar-refractivity contribution in [1.29, 1.82) is 0 Å². The fraction of sp³-hybridized carbons (Fsp3) is 0.733. The van der Waals surface area contributed by atoms with Gasteiger partial charge in [-0.3, -0.25) is 18.9 Å². The summed E-state index contributed by atoms with van der Waals surface area (Å²) in [5.74, 6) is 1.29. The van der Waals surface area contributed by atoms with E-state index in [1.165, 1.54) is 29.7 Å². The Labute approximate surface area is 179 Å². The lowest BCUT2D eigenvalue weighted by molar-refractivity contribution is -0.0451. The summed E-state index contributed by atoms with van der Waals surface area (Å²) in [4.78, 5) is 44.5. The normalized spacial score (nSPS) is 23.0. The van der Waals surface area contributed by atoms with Crippen LogP contribution in [0.3, 0.4) is 0 Å². The molecule has 1 aromatic heterocycles. The number of thioether (sulfide) groups is 2. The quantitative estimate of drug-likeness (QED) is 0.152. The Balaban J connectivity index is 2.23. The Hall–Kier alpha value is -0.670. The van der Waals surface area contributed by atoms with E-state index in [0.717, 1.165) is 4.57 Å². The molecule has 1 aliphatic rings. The third-order valence-electron chi connectivity index (χ3n) is 4.18. The van der Waals surface area contributed by atoms with Crippen molar-refractivity contribution in [1.82, 2.24) is 9.55 Å². The maximum absolute atomic E-state index is 12.4. The molecule has 0 radical (unpaired) electrons. The van der Waals surface area contributed by atoms with E-state index in [1.54, 1.807) is 0 Å². The third kappa shape index (κ3) is 7.48. The molecule has 0 aliphatic carbocycles. The van der Waals surface area contributed by atoms with Gasteiger partial charge in [0, 0.05) is 40.7 Å². The van der Waals surface area contributed by atoms with Gasteiger partial charge in [-0.25, -0.2) is 9.36 Å². The summed E-state index contributed by atoms with van der Waals surface area (Å²) in [5, 5.41) is 27.8. The van der Waals surface area contributed by atoms with Gasteiger partial charge in [-0.05, 0) is 0 Å². The summed E-state index contributed by atoms with van der Waals surface area (Å²) in [6.07, 6.45) is -1.89. The Kier molecular flexibility index (Phi) is 10.1. The second-order valence-corrected chi connectivity index (χ2v) is 10.1. The van der Waals surface area contributed by atoms with Gasteiger partial charge in [-0.15, -0.1) is 0 Å². The molecule has 172 valence electrons. The van der Waals surface area contributed by atoms with Crippen molar-refractivity contribution in [2.24, 2.45) is 0 Å². The first-order chi connectivity index (χ1) is 14.2. The van der Waals surface area contributed by atoms with Gasteiger partial charge in [-0.1, -0.05) is 0 Å². The van der Waals surface area contributed by atoms with Crippen LogP contribution >= 0.6 is 31.3 Å². The molecule has 0 aromatic carbocycles. The molecule has 12 nitrogen and oxygen atoms in total. The minimum Gasteiger partial charge on any atom is -0.396 e. The van der Waals surface area contributed by atoms with Gasteiger partial charge in [0.1, 0.15) is 12.3 Å². The number of nitrogens with zero attached hydrogens (tertiary/aromatic N) is 1. The molecule has 0 saturated carbocycles. The number of rotatable bonds is 12. The van der Waals surface area contributed by atoms with Crippen LogP contribution in [0.5, 0.6) is 0 Å².